The standard InChI is InChI=1S/C18H10Br4N2O4/c1-27-17-7(19)3-5-11(9(17)21)23-13(15(5)25)14-16(26)6-4-8(20)18(28-2)10(22)12(6)24-14/h3-4,23,25H,1-2H3. The summed E-state index contributed by atoms with van der Waals surface area (Å²) in [6.07, 6.45) is 0. The molecule has 0 spiro atoms. The molecule has 0 atom stereocenters. The molecule has 2 heterocycles. The number of hydrogen-bond donors (Lipinski definition) is 2. The van der Waals surface area contributed by atoms with Crippen LogP contribution < -0.4 is 9.47 Å². The first kappa shape index (κ1) is 19.9. The molecule has 10 heteroatoms. The van der Waals surface area contributed by atoms with Crippen LogP contribution in [0.1, 0.15) is 16.1 Å². The van der Waals surface area contributed by atoms with Gasteiger partial charge in [0, 0.05) is 5.39 Å². The molecular weight excluding hydrogens is 628 g/mol. The zero-order valence-corrected chi connectivity index (χ0v) is 20.6. The summed E-state index contributed by atoms with van der Waals surface area (Å²) in [5, 5.41) is 11.3. The van der Waals surface area contributed by atoms with Crippen LogP contribution in [0.2, 0.25) is 0 Å². The van der Waals surface area contributed by atoms with E-state index in [1.807, 2.05) is 0 Å². The van der Waals surface area contributed by atoms with Crippen molar-refractivity contribution in [1.29, 1.82) is 0 Å². The van der Waals surface area contributed by atoms with Crippen molar-refractivity contribution >= 4 is 91.8 Å². The van der Waals surface area contributed by atoms with Gasteiger partial charge in [-0.1, -0.05) is 0 Å². The van der Waals surface area contributed by atoms with Gasteiger partial charge in [0.05, 0.1) is 48.9 Å². The highest BCUT2D eigenvalue weighted by Gasteiger charge is 2.33. The lowest BCUT2D eigenvalue weighted by Crippen LogP contribution is -2.11. The molecule has 0 unspecified atom stereocenters. The Labute approximate surface area is 192 Å². The van der Waals surface area contributed by atoms with Crippen molar-refractivity contribution in [3.05, 3.63) is 41.3 Å². The van der Waals surface area contributed by atoms with Gasteiger partial charge in [0.25, 0.3) is 0 Å². The van der Waals surface area contributed by atoms with Crippen molar-refractivity contribution in [2.75, 3.05) is 14.2 Å². The minimum Gasteiger partial charge on any atom is -0.505 e. The first-order chi connectivity index (χ1) is 13.3. The summed E-state index contributed by atoms with van der Waals surface area (Å²) in [6.45, 7) is 0. The van der Waals surface area contributed by atoms with Gasteiger partial charge in [-0.3, -0.25) is 4.79 Å². The number of carbonyl (C=O) groups excluding carboxylic acids is 1. The van der Waals surface area contributed by atoms with Gasteiger partial charge in [0.15, 0.2) is 5.75 Å². The zero-order chi connectivity index (χ0) is 20.3. The molecule has 28 heavy (non-hydrogen) atoms. The highest BCUT2D eigenvalue weighted by molar-refractivity contribution is 9.11. The van der Waals surface area contributed by atoms with E-state index < -0.39 is 0 Å². The van der Waals surface area contributed by atoms with E-state index in [1.165, 1.54) is 7.11 Å². The Morgan fingerprint density at radius 2 is 1.61 bits per heavy atom. The van der Waals surface area contributed by atoms with Gasteiger partial charge < -0.3 is 19.6 Å². The number of ether oxygens (including phenoxy) is 2. The fourth-order valence-corrected chi connectivity index (χ4v) is 6.18. The topological polar surface area (TPSA) is 83.9 Å². The Bertz CT molecular complexity index is 1220. The number of H-pyrrole nitrogens is 1. The first-order valence-corrected chi connectivity index (χ1v) is 10.9. The number of aromatic nitrogens is 1. The van der Waals surface area contributed by atoms with Crippen LogP contribution in [-0.2, 0) is 0 Å². The highest BCUT2D eigenvalue weighted by Crippen LogP contribution is 2.48. The molecule has 0 saturated heterocycles. The highest BCUT2D eigenvalue weighted by atomic mass is 79.9. The number of carbonyl (C=O) groups is 1. The average molecular weight is 638 g/mol. The fourth-order valence-electron chi connectivity index (χ4n) is 3.11. The number of hydrogen-bond acceptors (Lipinski definition) is 5. The second kappa shape index (κ2) is 7.16. The van der Waals surface area contributed by atoms with E-state index in [4.69, 9.17) is 9.47 Å². The van der Waals surface area contributed by atoms with Crippen molar-refractivity contribution in [1.82, 2.24) is 4.98 Å². The van der Waals surface area contributed by atoms with Crippen molar-refractivity contribution in [2.24, 2.45) is 4.99 Å². The van der Waals surface area contributed by atoms with Crippen LogP contribution >= 0.6 is 63.7 Å². The second-order valence-electron chi connectivity index (χ2n) is 5.87. The third-order valence-electron chi connectivity index (χ3n) is 4.40. The number of methoxy groups -OCH3 is 2. The van der Waals surface area contributed by atoms with Crippen molar-refractivity contribution in [2.45, 2.75) is 0 Å². The molecule has 2 aromatic carbocycles. The van der Waals surface area contributed by atoms with E-state index in [1.54, 1.807) is 19.2 Å². The Balaban J connectivity index is 1.95. The molecule has 1 aromatic heterocycles. The maximum atomic E-state index is 13.0. The Hall–Kier alpha value is -1.36. The summed E-state index contributed by atoms with van der Waals surface area (Å²) in [5.74, 6) is 0.734. The van der Waals surface area contributed by atoms with Crippen LogP contribution in [0.3, 0.4) is 0 Å². The number of fused-ring (bicyclic) bond motifs is 2. The van der Waals surface area contributed by atoms with E-state index in [2.05, 4.69) is 73.7 Å². The molecule has 2 N–H and O–H groups in total. The molecule has 1 aliphatic rings. The van der Waals surface area contributed by atoms with Crippen LogP contribution in [0.15, 0.2) is 35.0 Å². The van der Waals surface area contributed by atoms with Gasteiger partial charge in [-0.15, -0.1) is 0 Å². The molecule has 0 bridgehead atoms. The Morgan fingerprint density at radius 3 is 2.25 bits per heavy atom. The molecular formula is C18H10Br4N2O4. The van der Waals surface area contributed by atoms with E-state index in [-0.39, 0.29) is 22.9 Å². The van der Waals surface area contributed by atoms with Crippen LogP contribution in [0.4, 0.5) is 5.69 Å². The Morgan fingerprint density at radius 1 is 1.00 bits per heavy atom. The van der Waals surface area contributed by atoms with Gasteiger partial charge in [-0.2, -0.15) is 0 Å². The SMILES string of the molecule is COc1c(Br)cc2c(c1Br)N=C(c1[nH]c3c(Br)c(OC)c(Br)cc3c1O)C2=O. The summed E-state index contributed by atoms with van der Waals surface area (Å²) in [6, 6.07) is 3.38. The number of nitrogens with zero attached hydrogens (tertiary/aromatic N) is 1. The van der Waals surface area contributed by atoms with Gasteiger partial charge in [-0.05, 0) is 75.9 Å². The number of aliphatic imine (C=N–C) groups is 1. The van der Waals surface area contributed by atoms with Crippen molar-refractivity contribution in [3.8, 4) is 17.2 Å². The molecule has 0 radical (unpaired) electrons. The van der Waals surface area contributed by atoms with E-state index in [0.29, 0.717) is 51.5 Å². The molecule has 0 aliphatic carbocycles. The molecule has 4 rings (SSSR count). The summed E-state index contributed by atoms with van der Waals surface area (Å²) in [7, 11) is 3.08. The van der Waals surface area contributed by atoms with E-state index >= 15 is 0 Å². The minimum atomic E-state index is -0.303. The lowest BCUT2D eigenvalue weighted by atomic mass is 10.1. The number of benzene rings is 2. The molecule has 3 aromatic rings. The quantitative estimate of drug-likeness (QED) is 0.355. The third-order valence-corrected chi connectivity index (χ3v) is 7.07. The normalized spacial score (nSPS) is 13.1. The third kappa shape index (κ3) is 2.76. The lowest BCUT2D eigenvalue weighted by molar-refractivity contribution is 0.106. The molecule has 144 valence electrons. The van der Waals surface area contributed by atoms with Crippen LogP contribution in [0, 0.1) is 0 Å². The molecule has 1 aliphatic heterocycles. The summed E-state index contributed by atoms with van der Waals surface area (Å²) in [5.41, 5.74) is 1.81. The van der Waals surface area contributed by atoms with Crippen LogP contribution in [0.5, 0.6) is 17.2 Å². The van der Waals surface area contributed by atoms with E-state index in [9.17, 15) is 9.90 Å². The predicted molar refractivity (Wildman–Crippen MR) is 121 cm³/mol. The number of ketones is 1. The van der Waals surface area contributed by atoms with Crippen LogP contribution in [0.25, 0.3) is 10.9 Å². The fraction of sp³-hybridized carbons (Fsp3) is 0.111. The zero-order valence-electron chi connectivity index (χ0n) is 14.3. The number of halogens is 4. The minimum absolute atomic E-state index is 0.0684. The summed E-state index contributed by atoms with van der Waals surface area (Å²) < 4.78 is 13.2. The maximum absolute atomic E-state index is 13.0. The largest absolute Gasteiger partial charge is 0.505 e. The van der Waals surface area contributed by atoms with Crippen molar-refractivity contribution < 1.29 is 19.4 Å². The second-order valence-corrected chi connectivity index (χ2v) is 9.16. The number of nitrogens with one attached hydrogen (secondary N) is 1. The van der Waals surface area contributed by atoms with Gasteiger partial charge in [0.2, 0.25) is 5.78 Å². The molecule has 0 saturated carbocycles. The van der Waals surface area contributed by atoms with Crippen molar-refractivity contribution in [3.63, 3.8) is 0 Å². The van der Waals surface area contributed by atoms with Crippen LogP contribution in [-0.4, -0.2) is 35.8 Å². The average Bonchev–Trinajstić information content (AvgIpc) is 3.14. The van der Waals surface area contributed by atoms with Gasteiger partial charge in [0.1, 0.15) is 22.9 Å². The molecule has 0 fully saturated rings. The van der Waals surface area contributed by atoms with E-state index in [0.717, 1.165) is 0 Å². The maximum Gasteiger partial charge on any atom is 0.215 e. The summed E-state index contributed by atoms with van der Waals surface area (Å²) >= 11 is 13.7. The molecule has 0 amide bonds. The smallest absolute Gasteiger partial charge is 0.215 e. The van der Waals surface area contributed by atoms with Gasteiger partial charge in [-0.25, -0.2) is 4.99 Å². The first-order valence-electron chi connectivity index (χ1n) is 7.76. The lowest BCUT2D eigenvalue weighted by Gasteiger charge is -2.08. The Kier molecular flexibility index (Phi) is 5.09. The monoisotopic (exact) mass is 634 g/mol. The number of Topliss-reactive ketones (excluding diaryl/α,β-unsaturated/α-hetero) is 1. The number of aromatic amines is 1. The molecule has 6 nitrogen and oxygen atoms in total. The number of aromatic hydroxyl groups is 1. The summed E-state index contributed by atoms with van der Waals surface area (Å²) in [4.78, 5) is 20.6. The predicted octanol–water partition coefficient (Wildman–Crippen LogP) is 6.26. The van der Waals surface area contributed by atoms with Gasteiger partial charge >= 0.3 is 0 Å². The number of rotatable bonds is 3.